The minimum absolute atomic E-state index is 0.127. The van der Waals surface area contributed by atoms with Crippen molar-refractivity contribution >= 4 is 23.3 Å². The topological polar surface area (TPSA) is 73.2 Å². The van der Waals surface area contributed by atoms with Gasteiger partial charge in [-0.15, -0.1) is 0 Å². The lowest BCUT2D eigenvalue weighted by Crippen LogP contribution is -2.25. The molecular weight excluding hydrogens is 445 g/mol. The molecule has 6 nitrogen and oxygen atoms in total. The van der Waals surface area contributed by atoms with E-state index in [0.717, 1.165) is 0 Å². The molecule has 0 bridgehead atoms. The van der Waals surface area contributed by atoms with Crippen LogP contribution in [0.15, 0.2) is 77.6 Å². The SMILES string of the molecule is COc1ccccc1-c1c(NC(=O)c2ccc(Cl)cc2)n(-c2ccc(F)cc2)nc(C)c1=O. The number of hydrogen-bond donors (Lipinski definition) is 1. The number of nitrogens with zero attached hydrogens (tertiary/aromatic N) is 2. The average molecular weight is 464 g/mol. The van der Waals surface area contributed by atoms with Crippen molar-refractivity contribution in [3.05, 3.63) is 105 Å². The highest BCUT2D eigenvalue weighted by Gasteiger charge is 2.23. The molecule has 0 aliphatic heterocycles. The molecule has 1 amide bonds. The fourth-order valence-electron chi connectivity index (χ4n) is 3.41. The van der Waals surface area contributed by atoms with Crippen LogP contribution in [0, 0.1) is 12.7 Å². The molecule has 8 heteroatoms. The molecule has 0 saturated carbocycles. The Morgan fingerprint density at radius 1 is 1.03 bits per heavy atom. The van der Waals surface area contributed by atoms with Crippen LogP contribution in [-0.4, -0.2) is 22.8 Å². The lowest BCUT2D eigenvalue weighted by molar-refractivity contribution is 0.102. The number of para-hydroxylation sites is 1. The Morgan fingerprint density at radius 2 is 1.70 bits per heavy atom. The number of carbonyl (C=O) groups is 1. The second-order valence-corrected chi connectivity index (χ2v) is 7.62. The largest absolute Gasteiger partial charge is 0.496 e. The van der Waals surface area contributed by atoms with Crippen molar-refractivity contribution in [1.82, 2.24) is 9.78 Å². The number of aryl methyl sites for hydroxylation is 1. The summed E-state index contributed by atoms with van der Waals surface area (Å²) in [6, 6.07) is 18.9. The minimum Gasteiger partial charge on any atom is -0.496 e. The van der Waals surface area contributed by atoms with E-state index in [2.05, 4.69) is 10.4 Å². The van der Waals surface area contributed by atoms with Gasteiger partial charge in [0.1, 0.15) is 23.1 Å². The number of nitrogens with one attached hydrogen (secondary N) is 1. The van der Waals surface area contributed by atoms with Gasteiger partial charge in [0.15, 0.2) is 0 Å². The van der Waals surface area contributed by atoms with Gasteiger partial charge in [0.2, 0.25) is 5.43 Å². The first kappa shape index (κ1) is 22.2. The van der Waals surface area contributed by atoms with Gasteiger partial charge in [-0.05, 0) is 61.5 Å². The molecule has 33 heavy (non-hydrogen) atoms. The standard InChI is InChI=1S/C25H19ClFN3O3/c1-15-23(31)22(20-5-3-4-6-21(20)33-2)24(28-25(32)16-7-9-17(26)10-8-16)30(29-15)19-13-11-18(27)12-14-19/h3-14H,1-2H3,(H,28,32). The summed E-state index contributed by atoms with van der Waals surface area (Å²) in [5, 5.41) is 7.68. The van der Waals surface area contributed by atoms with Crippen LogP contribution < -0.4 is 15.5 Å². The van der Waals surface area contributed by atoms with E-state index < -0.39 is 11.7 Å². The van der Waals surface area contributed by atoms with Gasteiger partial charge in [-0.25, -0.2) is 9.07 Å². The minimum atomic E-state index is -0.469. The van der Waals surface area contributed by atoms with Crippen LogP contribution in [0.25, 0.3) is 16.8 Å². The molecule has 1 heterocycles. The second-order valence-electron chi connectivity index (χ2n) is 7.19. The quantitative estimate of drug-likeness (QED) is 0.438. The molecule has 0 atom stereocenters. The summed E-state index contributed by atoms with van der Waals surface area (Å²) in [4.78, 5) is 26.4. The number of amides is 1. The molecular formula is C25H19ClFN3O3. The van der Waals surface area contributed by atoms with Gasteiger partial charge in [0, 0.05) is 16.1 Å². The molecule has 166 valence electrons. The molecule has 1 aromatic heterocycles. The van der Waals surface area contributed by atoms with Crippen molar-refractivity contribution in [2.75, 3.05) is 12.4 Å². The number of carbonyl (C=O) groups excluding carboxylic acids is 1. The first-order chi connectivity index (χ1) is 15.9. The van der Waals surface area contributed by atoms with Crippen molar-refractivity contribution in [3.63, 3.8) is 0 Å². The fraction of sp³-hybridized carbons (Fsp3) is 0.0800. The average Bonchev–Trinajstić information content (AvgIpc) is 2.82. The van der Waals surface area contributed by atoms with Gasteiger partial charge in [0.05, 0.1) is 18.4 Å². The summed E-state index contributed by atoms with van der Waals surface area (Å²) in [7, 11) is 1.50. The number of ether oxygens (including phenoxy) is 1. The number of hydrogen-bond acceptors (Lipinski definition) is 4. The maximum Gasteiger partial charge on any atom is 0.256 e. The highest BCUT2D eigenvalue weighted by atomic mass is 35.5. The van der Waals surface area contributed by atoms with Crippen LogP contribution >= 0.6 is 11.6 Å². The monoisotopic (exact) mass is 463 g/mol. The molecule has 0 radical (unpaired) electrons. The second kappa shape index (κ2) is 9.26. The highest BCUT2D eigenvalue weighted by molar-refractivity contribution is 6.30. The van der Waals surface area contributed by atoms with E-state index in [-0.39, 0.29) is 22.5 Å². The number of benzene rings is 3. The Kier molecular flexibility index (Phi) is 6.24. The third-order valence-electron chi connectivity index (χ3n) is 5.04. The first-order valence-electron chi connectivity index (χ1n) is 9.99. The van der Waals surface area contributed by atoms with E-state index in [9.17, 15) is 14.0 Å². The molecule has 0 fully saturated rings. The normalized spacial score (nSPS) is 10.7. The Bertz CT molecular complexity index is 1380. The molecule has 0 saturated heterocycles. The number of methoxy groups -OCH3 is 1. The zero-order chi connectivity index (χ0) is 23.5. The summed E-state index contributed by atoms with van der Waals surface area (Å²) in [6.07, 6.45) is 0. The van der Waals surface area contributed by atoms with E-state index in [4.69, 9.17) is 16.3 Å². The molecule has 0 spiro atoms. The Hall–Kier alpha value is -3.97. The smallest absolute Gasteiger partial charge is 0.256 e. The number of rotatable bonds is 5. The molecule has 0 unspecified atom stereocenters. The van der Waals surface area contributed by atoms with Crippen LogP contribution in [0.4, 0.5) is 10.2 Å². The Labute approximate surface area is 194 Å². The Balaban J connectivity index is 1.98. The number of anilines is 1. The molecule has 4 rings (SSSR count). The summed E-state index contributed by atoms with van der Waals surface area (Å²) in [5.41, 5.74) is 1.31. The zero-order valence-electron chi connectivity index (χ0n) is 17.8. The predicted molar refractivity (Wildman–Crippen MR) is 126 cm³/mol. The zero-order valence-corrected chi connectivity index (χ0v) is 18.6. The summed E-state index contributed by atoms with van der Waals surface area (Å²) >= 11 is 5.94. The fourth-order valence-corrected chi connectivity index (χ4v) is 3.53. The first-order valence-corrected chi connectivity index (χ1v) is 10.4. The third kappa shape index (κ3) is 4.49. The van der Waals surface area contributed by atoms with Crippen molar-refractivity contribution in [2.24, 2.45) is 0 Å². The van der Waals surface area contributed by atoms with Gasteiger partial charge in [-0.1, -0.05) is 29.8 Å². The number of aromatic nitrogens is 2. The van der Waals surface area contributed by atoms with Crippen LogP contribution in [0.2, 0.25) is 5.02 Å². The maximum atomic E-state index is 13.6. The van der Waals surface area contributed by atoms with Gasteiger partial charge >= 0.3 is 0 Å². The van der Waals surface area contributed by atoms with E-state index in [0.29, 0.717) is 27.6 Å². The molecule has 0 aliphatic rings. The molecule has 0 aliphatic carbocycles. The van der Waals surface area contributed by atoms with Gasteiger partial charge in [-0.2, -0.15) is 5.10 Å². The van der Waals surface area contributed by atoms with Crippen LogP contribution in [-0.2, 0) is 0 Å². The van der Waals surface area contributed by atoms with Crippen LogP contribution in [0.5, 0.6) is 5.75 Å². The lowest BCUT2D eigenvalue weighted by Gasteiger charge is -2.19. The van der Waals surface area contributed by atoms with Gasteiger partial charge < -0.3 is 10.1 Å². The van der Waals surface area contributed by atoms with Crippen molar-refractivity contribution in [3.8, 4) is 22.6 Å². The van der Waals surface area contributed by atoms with Crippen molar-refractivity contribution < 1.29 is 13.9 Å². The van der Waals surface area contributed by atoms with E-state index in [1.54, 1.807) is 55.5 Å². The van der Waals surface area contributed by atoms with Gasteiger partial charge in [0.25, 0.3) is 5.91 Å². The summed E-state index contributed by atoms with van der Waals surface area (Å²) in [5.74, 6) is -0.313. The Morgan fingerprint density at radius 3 is 2.36 bits per heavy atom. The maximum absolute atomic E-state index is 13.6. The third-order valence-corrected chi connectivity index (χ3v) is 5.29. The van der Waals surface area contributed by atoms with Gasteiger partial charge in [-0.3, -0.25) is 9.59 Å². The van der Waals surface area contributed by atoms with Crippen LogP contribution in [0.3, 0.4) is 0 Å². The van der Waals surface area contributed by atoms with E-state index in [1.807, 2.05) is 0 Å². The molecule has 4 aromatic rings. The van der Waals surface area contributed by atoms with E-state index >= 15 is 0 Å². The number of halogens is 2. The lowest BCUT2D eigenvalue weighted by atomic mass is 10.0. The van der Waals surface area contributed by atoms with E-state index in [1.165, 1.54) is 36.1 Å². The predicted octanol–water partition coefficient (Wildman–Crippen LogP) is 5.26. The molecule has 3 aromatic carbocycles. The highest BCUT2D eigenvalue weighted by Crippen LogP contribution is 2.34. The summed E-state index contributed by atoms with van der Waals surface area (Å²) < 4.78 is 20.5. The van der Waals surface area contributed by atoms with Crippen molar-refractivity contribution in [1.29, 1.82) is 0 Å². The van der Waals surface area contributed by atoms with Crippen LogP contribution in [0.1, 0.15) is 16.1 Å². The summed E-state index contributed by atoms with van der Waals surface area (Å²) in [6.45, 7) is 1.58. The molecule has 1 N–H and O–H groups in total. The van der Waals surface area contributed by atoms with Crippen molar-refractivity contribution in [2.45, 2.75) is 6.92 Å².